The first-order valence-electron chi connectivity index (χ1n) is 7.12. The van der Waals surface area contributed by atoms with Gasteiger partial charge in [-0.1, -0.05) is 26.2 Å². The van der Waals surface area contributed by atoms with Crippen LogP contribution in [-0.2, 0) is 0 Å². The third-order valence-corrected chi connectivity index (χ3v) is 14.8. The summed E-state index contributed by atoms with van der Waals surface area (Å²) in [4.78, 5) is 15.8. The van der Waals surface area contributed by atoms with E-state index >= 15 is 0 Å². The summed E-state index contributed by atoms with van der Waals surface area (Å²) in [6, 6.07) is 2.86. The van der Waals surface area contributed by atoms with Crippen LogP contribution in [0.1, 0.15) is 17.6 Å². The maximum atomic E-state index is 11.9. The summed E-state index contributed by atoms with van der Waals surface area (Å²) in [5.41, 5.74) is 0. The van der Waals surface area contributed by atoms with Crippen LogP contribution in [0.3, 0.4) is 0 Å². The molecule has 1 aromatic heterocycles. The Hall–Kier alpha value is -0.726. The molecule has 0 aromatic carbocycles. The van der Waals surface area contributed by atoms with Gasteiger partial charge in [-0.25, -0.2) is 4.98 Å². The molecule has 0 saturated carbocycles. The molecule has 1 aromatic rings. The number of carbonyl (C=O) groups is 1. The van der Waals surface area contributed by atoms with Gasteiger partial charge in [0.05, 0.1) is 0 Å². The zero-order valence-corrected chi connectivity index (χ0v) is 14.5. The van der Waals surface area contributed by atoms with Crippen LogP contribution in [0.5, 0.6) is 0 Å². The van der Waals surface area contributed by atoms with E-state index in [9.17, 15) is 4.79 Å². The maximum Gasteiger partial charge on any atom is 0.231 e. The summed E-state index contributed by atoms with van der Waals surface area (Å²) in [6.07, 6.45) is 6.58. The molecule has 0 radical (unpaired) electrons. The van der Waals surface area contributed by atoms with Crippen LogP contribution in [0.25, 0.3) is 0 Å². The molecule has 2 rings (SSSR count). The van der Waals surface area contributed by atoms with Gasteiger partial charge in [-0.3, -0.25) is 9.36 Å². The normalized spacial score (nSPS) is 21.7. The van der Waals surface area contributed by atoms with Crippen molar-refractivity contribution in [2.45, 2.75) is 51.1 Å². The first kappa shape index (κ1) is 14.7. The monoisotopic (exact) mass is 295 g/mol. The Morgan fingerprint density at radius 3 is 2.37 bits per heavy atom. The smallest absolute Gasteiger partial charge is 0.231 e. The molecule has 6 heteroatoms. The zero-order chi connectivity index (χ0) is 14.1. The van der Waals surface area contributed by atoms with E-state index in [0.29, 0.717) is 6.42 Å². The maximum absolute atomic E-state index is 11.9. The molecular weight excluding hydrogens is 270 g/mol. The standard InChI is InChI=1S/C13H25N3OSi2/c1-18(2)10-11-19(3,4)16(18)8-5-6-13(17)15-9-7-14-12-15/h7,9,12H,5-6,8,10-11H2,1-4H3. The average molecular weight is 296 g/mol. The van der Waals surface area contributed by atoms with Crippen LogP contribution >= 0.6 is 0 Å². The lowest BCUT2D eigenvalue weighted by Gasteiger charge is -2.38. The minimum Gasteiger partial charge on any atom is -0.345 e. The van der Waals surface area contributed by atoms with Gasteiger partial charge in [0.1, 0.15) is 22.8 Å². The second kappa shape index (κ2) is 5.34. The Morgan fingerprint density at radius 1 is 1.21 bits per heavy atom. The lowest BCUT2D eigenvalue weighted by Crippen LogP contribution is -2.55. The summed E-state index contributed by atoms with van der Waals surface area (Å²) in [5, 5.41) is 0. The highest BCUT2D eigenvalue weighted by Gasteiger charge is 2.46. The van der Waals surface area contributed by atoms with Crippen molar-refractivity contribution in [1.29, 1.82) is 0 Å². The van der Waals surface area contributed by atoms with E-state index in [1.54, 1.807) is 23.3 Å². The predicted octanol–water partition coefficient (Wildman–Crippen LogP) is 3.03. The lowest BCUT2D eigenvalue weighted by atomic mass is 10.3. The van der Waals surface area contributed by atoms with Crippen LogP contribution in [0.4, 0.5) is 0 Å². The topological polar surface area (TPSA) is 38.1 Å². The molecular formula is C13H25N3OSi2. The quantitative estimate of drug-likeness (QED) is 0.801. The Kier molecular flexibility index (Phi) is 4.12. The molecule has 2 heterocycles. The summed E-state index contributed by atoms with van der Waals surface area (Å²) in [5.74, 6) is 0.163. The van der Waals surface area contributed by atoms with Gasteiger partial charge in [-0.15, -0.1) is 0 Å². The van der Waals surface area contributed by atoms with Gasteiger partial charge in [0.15, 0.2) is 0 Å². The van der Waals surface area contributed by atoms with Crippen LogP contribution in [0, 0.1) is 0 Å². The fraction of sp³-hybridized carbons (Fsp3) is 0.692. The third kappa shape index (κ3) is 3.24. The largest absolute Gasteiger partial charge is 0.345 e. The predicted molar refractivity (Wildman–Crippen MR) is 83.4 cm³/mol. The van der Waals surface area contributed by atoms with E-state index in [4.69, 9.17) is 0 Å². The molecule has 0 amide bonds. The molecule has 0 aliphatic carbocycles. The lowest BCUT2D eigenvalue weighted by molar-refractivity contribution is 0.0898. The highest BCUT2D eigenvalue weighted by Crippen LogP contribution is 2.36. The van der Waals surface area contributed by atoms with Gasteiger partial charge in [-0.05, 0) is 25.1 Å². The number of imidazole rings is 1. The van der Waals surface area contributed by atoms with Crippen molar-refractivity contribution in [1.82, 2.24) is 13.8 Å². The molecule has 106 valence electrons. The van der Waals surface area contributed by atoms with Crippen molar-refractivity contribution < 1.29 is 4.79 Å². The van der Waals surface area contributed by atoms with Gasteiger partial charge >= 0.3 is 0 Å². The molecule has 1 aliphatic heterocycles. The highest BCUT2D eigenvalue weighted by atomic mass is 28.4. The Bertz CT molecular complexity index is 427. The van der Waals surface area contributed by atoms with Gasteiger partial charge in [0.2, 0.25) is 5.91 Å². The molecule has 19 heavy (non-hydrogen) atoms. The van der Waals surface area contributed by atoms with Crippen molar-refractivity contribution in [3.8, 4) is 0 Å². The number of aromatic nitrogens is 2. The molecule has 1 aliphatic rings. The second-order valence-electron chi connectivity index (χ2n) is 6.74. The second-order valence-corrected chi connectivity index (χ2v) is 16.5. The van der Waals surface area contributed by atoms with E-state index in [0.717, 1.165) is 13.0 Å². The fourth-order valence-electron chi connectivity index (χ4n) is 3.23. The van der Waals surface area contributed by atoms with E-state index in [1.807, 2.05) is 0 Å². The summed E-state index contributed by atoms with van der Waals surface area (Å²) in [6.45, 7) is 11.0. The summed E-state index contributed by atoms with van der Waals surface area (Å²) < 4.78 is 4.43. The SMILES string of the molecule is C[Si]1(C)CC[Si](C)(C)N1CCCC(=O)n1ccnc1. The molecule has 0 spiro atoms. The average Bonchev–Trinajstić information content (AvgIpc) is 2.91. The molecule has 0 unspecified atom stereocenters. The number of hydrogen-bond donors (Lipinski definition) is 0. The van der Waals surface area contributed by atoms with Crippen molar-refractivity contribution in [3.63, 3.8) is 0 Å². The van der Waals surface area contributed by atoms with E-state index in [-0.39, 0.29) is 5.91 Å². The Balaban J connectivity index is 1.87. The fourth-order valence-corrected chi connectivity index (χ4v) is 17.4. The first-order valence-corrected chi connectivity index (χ1v) is 13.4. The van der Waals surface area contributed by atoms with Crippen LogP contribution < -0.4 is 0 Å². The van der Waals surface area contributed by atoms with E-state index in [2.05, 4.69) is 35.4 Å². The van der Waals surface area contributed by atoms with Gasteiger partial charge in [-0.2, -0.15) is 0 Å². The van der Waals surface area contributed by atoms with Gasteiger partial charge in [0, 0.05) is 18.8 Å². The molecule has 4 nitrogen and oxygen atoms in total. The third-order valence-electron chi connectivity index (χ3n) is 4.37. The summed E-state index contributed by atoms with van der Waals surface area (Å²) >= 11 is 0. The molecule has 0 atom stereocenters. The number of hydrogen-bond acceptors (Lipinski definition) is 3. The first-order chi connectivity index (χ1) is 8.83. The van der Waals surface area contributed by atoms with Crippen molar-refractivity contribution >= 4 is 22.4 Å². The summed E-state index contributed by atoms with van der Waals surface area (Å²) in [7, 11) is -2.36. The highest BCUT2D eigenvalue weighted by molar-refractivity contribution is 6.95. The van der Waals surface area contributed by atoms with Gasteiger partial charge in [0.25, 0.3) is 0 Å². The van der Waals surface area contributed by atoms with E-state index < -0.39 is 16.5 Å². The van der Waals surface area contributed by atoms with Crippen LogP contribution in [-0.4, -0.2) is 42.7 Å². The minimum atomic E-state index is -1.18. The van der Waals surface area contributed by atoms with Crippen LogP contribution in [0.2, 0.25) is 38.3 Å². The Morgan fingerprint density at radius 2 is 1.84 bits per heavy atom. The minimum absolute atomic E-state index is 0.163. The van der Waals surface area contributed by atoms with Crippen molar-refractivity contribution in [2.24, 2.45) is 0 Å². The zero-order valence-electron chi connectivity index (χ0n) is 12.5. The molecule has 1 saturated heterocycles. The number of nitrogens with zero attached hydrogens (tertiary/aromatic N) is 3. The molecule has 0 N–H and O–H groups in total. The van der Waals surface area contributed by atoms with Crippen molar-refractivity contribution in [2.75, 3.05) is 6.54 Å². The molecule has 1 fully saturated rings. The molecule has 0 bridgehead atoms. The number of rotatable bonds is 4. The van der Waals surface area contributed by atoms with Gasteiger partial charge < -0.3 is 4.23 Å². The van der Waals surface area contributed by atoms with Crippen molar-refractivity contribution in [3.05, 3.63) is 18.7 Å². The van der Waals surface area contributed by atoms with E-state index in [1.165, 1.54) is 12.1 Å². The number of carbonyl (C=O) groups excluding carboxylic acids is 1. The van der Waals surface area contributed by atoms with Crippen LogP contribution in [0.15, 0.2) is 18.7 Å². The Labute approximate surface area is 118 Å².